The van der Waals surface area contributed by atoms with E-state index in [-0.39, 0.29) is 11.5 Å². The Labute approximate surface area is 98.1 Å². The molecular weight excluding hydrogens is 202 g/mol. The quantitative estimate of drug-likeness (QED) is 0.737. The zero-order valence-corrected chi connectivity index (χ0v) is 10.5. The van der Waals surface area contributed by atoms with E-state index < -0.39 is 0 Å². The summed E-state index contributed by atoms with van der Waals surface area (Å²) in [6.07, 6.45) is 6.81. The number of carbonyl (C=O) groups is 1. The van der Waals surface area contributed by atoms with E-state index in [0.717, 1.165) is 38.8 Å². The lowest BCUT2D eigenvalue weighted by atomic mass is 10.0. The third-order valence-electron chi connectivity index (χ3n) is 3.95. The summed E-state index contributed by atoms with van der Waals surface area (Å²) in [4.78, 5) is 14.0. The van der Waals surface area contributed by atoms with Crippen LogP contribution in [0.25, 0.3) is 0 Å². The van der Waals surface area contributed by atoms with E-state index in [4.69, 9.17) is 4.74 Å². The molecular formula is C13H23NO2. The number of carbonyl (C=O) groups excluding carboxylic acids is 1. The van der Waals surface area contributed by atoms with Gasteiger partial charge in [0.2, 0.25) is 5.91 Å². The summed E-state index contributed by atoms with van der Waals surface area (Å²) in [6, 6.07) is 0. The molecule has 0 N–H and O–H groups in total. The van der Waals surface area contributed by atoms with Crippen molar-refractivity contribution in [1.29, 1.82) is 0 Å². The minimum atomic E-state index is -0.0942. The molecule has 0 bridgehead atoms. The van der Waals surface area contributed by atoms with Crippen molar-refractivity contribution < 1.29 is 9.53 Å². The topological polar surface area (TPSA) is 29.5 Å². The van der Waals surface area contributed by atoms with E-state index in [9.17, 15) is 4.79 Å². The van der Waals surface area contributed by atoms with Crippen molar-refractivity contribution in [1.82, 2.24) is 4.90 Å². The summed E-state index contributed by atoms with van der Waals surface area (Å²) >= 11 is 0. The van der Waals surface area contributed by atoms with Crippen LogP contribution >= 0.6 is 0 Å². The Balaban J connectivity index is 1.86. The lowest BCUT2D eigenvalue weighted by molar-refractivity contribution is -0.137. The number of ether oxygens (including phenoxy) is 1. The van der Waals surface area contributed by atoms with Crippen LogP contribution in [0.3, 0.4) is 0 Å². The molecule has 0 spiro atoms. The lowest BCUT2D eigenvalue weighted by Gasteiger charge is -2.30. The highest BCUT2D eigenvalue weighted by Crippen LogP contribution is 2.29. The highest BCUT2D eigenvalue weighted by molar-refractivity contribution is 5.78. The summed E-state index contributed by atoms with van der Waals surface area (Å²) in [5.74, 6) is 0.615. The molecule has 0 aromatic carbocycles. The maximum absolute atomic E-state index is 12.1. The van der Waals surface area contributed by atoms with Gasteiger partial charge >= 0.3 is 0 Å². The standard InChI is InChI=1S/C13H23NO2/c1-13(8-5-9-16-13)10-14(2)12(15)11-6-3-4-7-11/h11H,3-10H2,1-2H3. The molecule has 2 fully saturated rings. The third-order valence-corrected chi connectivity index (χ3v) is 3.95. The molecule has 1 saturated heterocycles. The SMILES string of the molecule is CN(CC1(C)CCCO1)C(=O)C1CCCC1. The Bertz CT molecular complexity index is 253. The summed E-state index contributed by atoms with van der Waals surface area (Å²) in [7, 11) is 1.92. The van der Waals surface area contributed by atoms with E-state index >= 15 is 0 Å². The van der Waals surface area contributed by atoms with Crippen LogP contribution in [0.15, 0.2) is 0 Å². The maximum Gasteiger partial charge on any atom is 0.225 e. The van der Waals surface area contributed by atoms with Crippen molar-refractivity contribution in [2.24, 2.45) is 5.92 Å². The molecule has 0 aromatic heterocycles. The van der Waals surface area contributed by atoms with Crippen LogP contribution in [0.5, 0.6) is 0 Å². The van der Waals surface area contributed by atoms with E-state index in [0.29, 0.717) is 5.91 Å². The first-order valence-electron chi connectivity index (χ1n) is 6.50. The van der Waals surface area contributed by atoms with Gasteiger partial charge in [0, 0.05) is 26.1 Å². The zero-order valence-electron chi connectivity index (χ0n) is 10.5. The average Bonchev–Trinajstić information content (AvgIpc) is 2.87. The Hall–Kier alpha value is -0.570. The maximum atomic E-state index is 12.1. The number of amides is 1. The van der Waals surface area contributed by atoms with Gasteiger partial charge in [-0.25, -0.2) is 0 Å². The number of hydrogen-bond donors (Lipinski definition) is 0. The molecule has 16 heavy (non-hydrogen) atoms. The molecule has 3 heteroatoms. The molecule has 0 radical (unpaired) electrons. The van der Waals surface area contributed by atoms with Crippen molar-refractivity contribution in [2.45, 2.75) is 51.0 Å². The van der Waals surface area contributed by atoms with Crippen molar-refractivity contribution in [3.8, 4) is 0 Å². The summed E-state index contributed by atoms with van der Waals surface area (Å²) in [5.41, 5.74) is -0.0942. The predicted molar refractivity (Wildman–Crippen MR) is 63.2 cm³/mol. The molecule has 3 nitrogen and oxygen atoms in total. The van der Waals surface area contributed by atoms with Gasteiger partial charge in [0.1, 0.15) is 0 Å². The Morgan fingerprint density at radius 1 is 1.38 bits per heavy atom. The van der Waals surface area contributed by atoms with Crippen molar-refractivity contribution >= 4 is 5.91 Å². The fraction of sp³-hybridized carbons (Fsp3) is 0.923. The molecule has 1 atom stereocenters. The molecule has 2 rings (SSSR count). The molecule has 92 valence electrons. The van der Waals surface area contributed by atoms with Crippen molar-refractivity contribution in [3.63, 3.8) is 0 Å². The molecule has 0 aromatic rings. The normalized spacial score (nSPS) is 30.9. The second-order valence-electron chi connectivity index (χ2n) is 5.58. The van der Waals surface area contributed by atoms with Crippen LogP contribution in [-0.4, -0.2) is 36.6 Å². The van der Waals surface area contributed by atoms with Gasteiger partial charge in [0.05, 0.1) is 5.60 Å². The van der Waals surface area contributed by atoms with E-state index in [2.05, 4.69) is 6.92 Å². The van der Waals surface area contributed by atoms with Crippen LogP contribution in [0.1, 0.15) is 45.4 Å². The number of likely N-dealkylation sites (N-methyl/N-ethyl adjacent to an activating group) is 1. The molecule has 1 aliphatic carbocycles. The molecule has 2 aliphatic rings. The predicted octanol–water partition coefficient (Wildman–Crippen LogP) is 2.20. The van der Waals surface area contributed by atoms with Crippen LogP contribution in [0.4, 0.5) is 0 Å². The second kappa shape index (κ2) is 4.74. The second-order valence-corrected chi connectivity index (χ2v) is 5.58. The zero-order chi connectivity index (χ0) is 11.6. The summed E-state index contributed by atoms with van der Waals surface area (Å²) in [6.45, 7) is 3.72. The number of rotatable bonds is 3. The first-order valence-corrected chi connectivity index (χ1v) is 6.50. The lowest BCUT2D eigenvalue weighted by Crippen LogP contribution is -2.43. The highest BCUT2D eigenvalue weighted by atomic mass is 16.5. The largest absolute Gasteiger partial charge is 0.373 e. The Kier molecular flexibility index (Phi) is 3.53. The smallest absolute Gasteiger partial charge is 0.225 e. The minimum absolute atomic E-state index is 0.0942. The van der Waals surface area contributed by atoms with Gasteiger partial charge in [0.15, 0.2) is 0 Å². The van der Waals surface area contributed by atoms with Gasteiger partial charge in [-0.15, -0.1) is 0 Å². The van der Waals surface area contributed by atoms with Gasteiger partial charge in [-0.1, -0.05) is 12.8 Å². The fourth-order valence-corrected chi connectivity index (χ4v) is 3.03. The van der Waals surface area contributed by atoms with Gasteiger partial charge < -0.3 is 9.64 Å². The van der Waals surface area contributed by atoms with E-state index in [1.165, 1.54) is 12.8 Å². The minimum Gasteiger partial charge on any atom is -0.373 e. The molecule has 1 aliphatic heterocycles. The van der Waals surface area contributed by atoms with Gasteiger partial charge in [-0.3, -0.25) is 4.79 Å². The third kappa shape index (κ3) is 2.57. The summed E-state index contributed by atoms with van der Waals surface area (Å²) in [5, 5.41) is 0. The molecule has 1 unspecified atom stereocenters. The monoisotopic (exact) mass is 225 g/mol. The number of nitrogens with zero attached hydrogens (tertiary/aromatic N) is 1. The number of hydrogen-bond acceptors (Lipinski definition) is 2. The van der Waals surface area contributed by atoms with Crippen LogP contribution < -0.4 is 0 Å². The van der Waals surface area contributed by atoms with Crippen LogP contribution in [-0.2, 0) is 9.53 Å². The van der Waals surface area contributed by atoms with Crippen molar-refractivity contribution in [2.75, 3.05) is 20.2 Å². The van der Waals surface area contributed by atoms with Crippen LogP contribution in [0, 0.1) is 5.92 Å². The first-order chi connectivity index (χ1) is 7.61. The fourth-order valence-electron chi connectivity index (χ4n) is 3.03. The van der Waals surface area contributed by atoms with Gasteiger partial charge in [-0.05, 0) is 32.6 Å². The molecule has 1 amide bonds. The van der Waals surface area contributed by atoms with Crippen molar-refractivity contribution in [3.05, 3.63) is 0 Å². The molecule has 1 heterocycles. The average molecular weight is 225 g/mol. The molecule has 1 saturated carbocycles. The van der Waals surface area contributed by atoms with Gasteiger partial charge in [0.25, 0.3) is 0 Å². The van der Waals surface area contributed by atoms with E-state index in [1.807, 2.05) is 11.9 Å². The first kappa shape index (κ1) is 11.9. The van der Waals surface area contributed by atoms with Crippen LogP contribution in [0.2, 0.25) is 0 Å². The Morgan fingerprint density at radius 2 is 2.06 bits per heavy atom. The Morgan fingerprint density at radius 3 is 2.62 bits per heavy atom. The summed E-state index contributed by atoms with van der Waals surface area (Å²) < 4.78 is 5.73. The highest BCUT2D eigenvalue weighted by Gasteiger charge is 2.34. The van der Waals surface area contributed by atoms with Gasteiger partial charge in [-0.2, -0.15) is 0 Å². The van der Waals surface area contributed by atoms with E-state index in [1.54, 1.807) is 0 Å².